The van der Waals surface area contributed by atoms with Crippen LogP contribution in [0.2, 0.25) is 0 Å². The van der Waals surface area contributed by atoms with E-state index >= 15 is 0 Å². The summed E-state index contributed by atoms with van der Waals surface area (Å²) in [5, 5.41) is 9.26. The number of halogens is 1. The summed E-state index contributed by atoms with van der Waals surface area (Å²) in [5.41, 5.74) is -0.00565. The van der Waals surface area contributed by atoms with Crippen molar-refractivity contribution in [1.29, 1.82) is 0 Å². The Bertz CT molecular complexity index is 459. The molecule has 0 spiro atoms. The van der Waals surface area contributed by atoms with E-state index in [4.69, 9.17) is 0 Å². The normalized spacial score (nSPS) is 12.3. The van der Waals surface area contributed by atoms with Crippen molar-refractivity contribution in [1.82, 2.24) is 4.90 Å². The van der Waals surface area contributed by atoms with E-state index < -0.39 is 23.7 Å². The van der Waals surface area contributed by atoms with E-state index in [1.807, 2.05) is 0 Å². The number of carbonyl (C=O) groups is 2. The number of aliphatic carboxylic acids is 1. The second-order valence-electron chi connectivity index (χ2n) is 4.28. The lowest BCUT2D eigenvalue weighted by atomic mass is 10.0. The van der Waals surface area contributed by atoms with Crippen LogP contribution in [0.5, 0.6) is 0 Å². The van der Waals surface area contributed by atoms with Crippen LogP contribution in [0.1, 0.15) is 32.4 Å². The number of nitrogens with zero attached hydrogens (tertiary/aromatic N) is 1. The highest BCUT2D eigenvalue weighted by atomic mass is 19.1. The average Bonchev–Trinajstić information content (AvgIpc) is 2.25. The molecule has 4 nitrogen and oxygen atoms in total. The van der Waals surface area contributed by atoms with Gasteiger partial charge in [-0.1, -0.05) is 18.2 Å². The standard InChI is InChI=1S/C13H16FNO3/c1-8(2)15(9(3)16)12(13(17)18)10-6-4-5-7-11(10)14/h4-8,12H,1-3H3,(H,17,18). The fraction of sp³-hybridized carbons (Fsp3) is 0.385. The molecule has 0 fully saturated rings. The van der Waals surface area contributed by atoms with Crippen LogP contribution < -0.4 is 0 Å². The number of amides is 1. The molecule has 0 aliphatic heterocycles. The van der Waals surface area contributed by atoms with Crippen molar-refractivity contribution in [3.8, 4) is 0 Å². The molecule has 0 aliphatic rings. The Morgan fingerprint density at radius 2 is 1.83 bits per heavy atom. The van der Waals surface area contributed by atoms with Crippen molar-refractivity contribution in [3.05, 3.63) is 35.6 Å². The van der Waals surface area contributed by atoms with Crippen molar-refractivity contribution in [2.45, 2.75) is 32.9 Å². The van der Waals surface area contributed by atoms with Crippen LogP contribution in [0.4, 0.5) is 4.39 Å². The molecule has 1 unspecified atom stereocenters. The Morgan fingerprint density at radius 3 is 2.22 bits per heavy atom. The van der Waals surface area contributed by atoms with E-state index in [9.17, 15) is 19.1 Å². The Balaban J connectivity index is 3.30. The highest BCUT2D eigenvalue weighted by molar-refractivity contribution is 5.83. The fourth-order valence-corrected chi connectivity index (χ4v) is 1.94. The highest BCUT2D eigenvalue weighted by Crippen LogP contribution is 2.25. The molecular formula is C13H16FNO3. The van der Waals surface area contributed by atoms with Gasteiger partial charge in [0, 0.05) is 18.5 Å². The van der Waals surface area contributed by atoms with Crippen LogP contribution in [0, 0.1) is 5.82 Å². The Hall–Kier alpha value is -1.91. The third-order valence-corrected chi connectivity index (χ3v) is 2.63. The Labute approximate surface area is 105 Å². The maximum absolute atomic E-state index is 13.7. The summed E-state index contributed by atoms with van der Waals surface area (Å²) >= 11 is 0. The van der Waals surface area contributed by atoms with Crippen molar-refractivity contribution >= 4 is 11.9 Å². The van der Waals surface area contributed by atoms with Crippen LogP contribution >= 0.6 is 0 Å². The van der Waals surface area contributed by atoms with Gasteiger partial charge in [-0.15, -0.1) is 0 Å². The number of carboxylic acid groups (broad SMARTS) is 1. The first-order chi connectivity index (χ1) is 8.36. The number of hydrogen-bond acceptors (Lipinski definition) is 2. The minimum atomic E-state index is -1.30. The topological polar surface area (TPSA) is 57.6 Å². The van der Waals surface area contributed by atoms with E-state index in [0.717, 1.165) is 4.90 Å². The van der Waals surface area contributed by atoms with Crippen LogP contribution in [0.25, 0.3) is 0 Å². The zero-order valence-electron chi connectivity index (χ0n) is 10.6. The van der Waals surface area contributed by atoms with Gasteiger partial charge in [0.25, 0.3) is 0 Å². The van der Waals surface area contributed by atoms with Gasteiger partial charge >= 0.3 is 5.97 Å². The number of rotatable bonds is 4. The van der Waals surface area contributed by atoms with Crippen LogP contribution in [0.3, 0.4) is 0 Å². The first-order valence-electron chi connectivity index (χ1n) is 5.62. The number of carboxylic acids is 1. The molecule has 98 valence electrons. The zero-order chi connectivity index (χ0) is 13.9. The van der Waals surface area contributed by atoms with Gasteiger partial charge in [-0.2, -0.15) is 0 Å². The van der Waals surface area contributed by atoms with E-state index in [1.165, 1.54) is 25.1 Å². The predicted octanol–water partition coefficient (Wildman–Crippen LogP) is 2.21. The molecule has 0 radical (unpaired) electrons. The summed E-state index contributed by atoms with van der Waals surface area (Å²) in [6.07, 6.45) is 0. The van der Waals surface area contributed by atoms with Gasteiger partial charge in [0.1, 0.15) is 5.82 Å². The van der Waals surface area contributed by atoms with Crippen LogP contribution in [0.15, 0.2) is 24.3 Å². The third-order valence-electron chi connectivity index (χ3n) is 2.63. The molecule has 1 N–H and O–H groups in total. The first-order valence-corrected chi connectivity index (χ1v) is 5.62. The van der Waals surface area contributed by atoms with Crippen molar-refractivity contribution in [3.63, 3.8) is 0 Å². The molecule has 0 aliphatic carbocycles. The Kier molecular flexibility index (Phi) is 4.42. The molecule has 1 aromatic rings. The minimum Gasteiger partial charge on any atom is -0.479 e. The summed E-state index contributed by atoms with van der Waals surface area (Å²) in [6, 6.07) is 3.96. The van der Waals surface area contributed by atoms with E-state index in [0.29, 0.717) is 0 Å². The van der Waals surface area contributed by atoms with E-state index in [1.54, 1.807) is 19.9 Å². The van der Waals surface area contributed by atoms with Gasteiger partial charge in [-0.05, 0) is 19.9 Å². The lowest BCUT2D eigenvalue weighted by Crippen LogP contribution is -2.42. The predicted molar refractivity (Wildman–Crippen MR) is 64.4 cm³/mol. The molecule has 0 saturated heterocycles. The molecule has 5 heteroatoms. The number of carbonyl (C=O) groups excluding carboxylic acids is 1. The van der Waals surface area contributed by atoms with Crippen LogP contribution in [-0.2, 0) is 9.59 Å². The molecule has 18 heavy (non-hydrogen) atoms. The Morgan fingerprint density at radius 1 is 1.28 bits per heavy atom. The smallest absolute Gasteiger partial charge is 0.331 e. The van der Waals surface area contributed by atoms with Gasteiger partial charge in [-0.3, -0.25) is 4.79 Å². The lowest BCUT2D eigenvalue weighted by Gasteiger charge is -2.31. The fourth-order valence-electron chi connectivity index (χ4n) is 1.94. The summed E-state index contributed by atoms with van der Waals surface area (Å²) in [7, 11) is 0. The molecule has 0 heterocycles. The van der Waals surface area contributed by atoms with Crippen molar-refractivity contribution in [2.24, 2.45) is 0 Å². The minimum absolute atomic E-state index is 0.00565. The molecule has 1 atom stereocenters. The molecule has 0 bridgehead atoms. The van der Waals surface area contributed by atoms with Crippen molar-refractivity contribution in [2.75, 3.05) is 0 Å². The SMILES string of the molecule is CC(=O)N(C(C)C)C(C(=O)O)c1ccccc1F. The second kappa shape index (κ2) is 5.62. The molecule has 0 saturated carbocycles. The largest absolute Gasteiger partial charge is 0.479 e. The third kappa shape index (κ3) is 2.85. The maximum Gasteiger partial charge on any atom is 0.331 e. The quantitative estimate of drug-likeness (QED) is 0.895. The second-order valence-corrected chi connectivity index (χ2v) is 4.28. The van der Waals surface area contributed by atoms with E-state index in [-0.39, 0.29) is 11.6 Å². The van der Waals surface area contributed by atoms with Gasteiger partial charge in [-0.25, -0.2) is 9.18 Å². The molecule has 0 aromatic heterocycles. The summed E-state index contributed by atoms with van der Waals surface area (Å²) in [6.45, 7) is 4.66. The van der Waals surface area contributed by atoms with Crippen molar-refractivity contribution < 1.29 is 19.1 Å². The summed E-state index contributed by atoms with van der Waals surface area (Å²) in [5.74, 6) is -2.28. The molecule has 1 aromatic carbocycles. The van der Waals surface area contributed by atoms with Gasteiger partial charge < -0.3 is 10.0 Å². The first kappa shape index (κ1) is 14.2. The summed E-state index contributed by atoms with van der Waals surface area (Å²) in [4.78, 5) is 24.1. The maximum atomic E-state index is 13.7. The molecule has 1 amide bonds. The number of hydrogen-bond donors (Lipinski definition) is 1. The molecular weight excluding hydrogens is 237 g/mol. The summed E-state index contributed by atoms with van der Waals surface area (Å²) < 4.78 is 13.7. The average molecular weight is 253 g/mol. The monoisotopic (exact) mass is 253 g/mol. The lowest BCUT2D eigenvalue weighted by molar-refractivity contribution is -0.151. The van der Waals surface area contributed by atoms with Crippen LogP contribution in [-0.4, -0.2) is 27.9 Å². The van der Waals surface area contributed by atoms with Gasteiger partial charge in [0.15, 0.2) is 6.04 Å². The molecule has 1 rings (SSSR count). The highest BCUT2D eigenvalue weighted by Gasteiger charge is 2.33. The van der Waals surface area contributed by atoms with E-state index in [2.05, 4.69) is 0 Å². The number of benzene rings is 1. The van der Waals surface area contributed by atoms with Gasteiger partial charge in [0.05, 0.1) is 0 Å². The van der Waals surface area contributed by atoms with Gasteiger partial charge in [0.2, 0.25) is 5.91 Å². The zero-order valence-corrected chi connectivity index (χ0v) is 10.6.